The molecule has 2 fully saturated rings. The van der Waals surface area contributed by atoms with Gasteiger partial charge in [0.1, 0.15) is 11.4 Å². The van der Waals surface area contributed by atoms with Crippen LogP contribution in [-0.4, -0.2) is 32.1 Å². The first-order chi connectivity index (χ1) is 13.6. The largest absolute Gasteiger partial charge is 0.507 e. The van der Waals surface area contributed by atoms with E-state index in [9.17, 15) is 9.90 Å². The first-order valence-corrected chi connectivity index (χ1v) is 10.5. The third-order valence-electron chi connectivity index (χ3n) is 4.96. The Morgan fingerprint density at radius 1 is 1.18 bits per heavy atom. The smallest absolute Gasteiger partial charge is 0.267 e. The maximum absolute atomic E-state index is 13.2. The number of para-hydroxylation sites is 1. The van der Waals surface area contributed by atoms with Crippen molar-refractivity contribution in [3.63, 3.8) is 0 Å². The van der Waals surface area contributed by atoms with E-state index in [2.05, 4.69) is 9.98 Å². The molecule has 2 aliphatic rings. The van der Waals surface area contributed by atoms with Gasteiger partial charge < -0.3 is 5.11 Å². The Hall–Kier alpha value is -2.31. The highest BCUT2D eigenvalue weighted by molar-refractivity contribution is 8.18. The van der Waals surface area contributed by atoms with Crippen LogP contribution in [0.5, 0.6) is 5.75 Å². The molecule has 144 valence electrons. The fourth-order valence-electron chi connectivity index (χ4n) is 3.54. The van der Waals surface area contributed by atoms with E-state index < -0.39 is 0 Å². The molecule has 28 heavy (non-hydrogen) atoms. The van der Waals surface area contributed by atoms with Crippen molar-refractivity contribution in [1.82, 2.24) is 9.88 Å². The fourth-order valence-corrected chi connectivity index (χ4v) is 4.74. The summed E-state index contributed by atoms with van der Waals surface area (Å²) in [4.78, 5) is 24.3. The molecule has 7 heteroatoms. The van der Waals surface area contributed by atoms with Gasteiger partial charge in [-0.3, -0.25) is 9.69 Å². The molecule has 2 aromatic rings. The highest BCUT2D eigenvalue weighted by Gasteiger charge is 2.38. The highest BCUT2D eigenvalue weighted by atomic mass is 35.5. The average molecular weight is 414 g/mol. The molecular weight excluding hydrogens is 394 g/mol. The van der Waals surface area contributed by atoms with Crippen LogP contribution in [-0.2, 0) is 4.79 Å². The quantitative estimate of drug-likeness (QED) is 0.542. The SMILES string of the molecule is O=C1/C(=C/c2ccccc2O)SC(=Nc2cccnc2Cl)N1C1CCCCC1. The van der Waals surface area contributed by atoms with Crippen molar-refractivity contribution in [2.24, 2.45) is 4.99 Å². The summed E-state index contributed by atoms with van der Waals surface area (Å²) in [6.07, 6.45) is 8.70. The van der Waals surface area contributed by atoms with Gasteiger partial charge in [-0.15, -0.1) is 0 Å². The van der Waals surface area contributed by atoms with Gasteiger partial charge in [0.15, 0.2) is 10.3 Å². The van der Waals surface area contributed by atoms with Crippen molar-refractivity contribution >= 4 is 46.2 Å². The molecule has 1 aromatic heterocycles. The van der Waals surface area contributed by atoms with E-state index >= 15 is 0 Å². The van der Waals surface area contributed by atoms with Gasteiger partial charge in [-0.2, -0.15) is 0 Å². The van der Waals surface area contributed by atoms with Gasteiger partial charge in [0, 0.05) is 17.8 Å². The number of thioether (sulfide) groups is 1. The standard InChI is InChI=1S/C21H20ClN3O2S/c22-19-16(10-6-12-23-19)24-21-25(15-8-2-1-3-9-15)20(27)18(28-21)13-14-7-4-5-11-17(14)26/h4-7,10-13,15,26H,1-3,8-9H2/b18-13-,24-21?. The third kappa shape index (κ3) is 3.93. The first kappa shape index (κ1) is 19.0. The molecule has 1 amide bonds. The van der Waals surface area contributed by atoms with Crippen molar-refractivity contribution < 1.29 is 9.90 Å². The van der Waals surface area contributed by atoms with Crippen LogP contribution < -0.4 is 0 Å². The van der Waals surface area contributed by atoms with Crippen molar-refractivity contribution in [2.45, 2.75) is 38.1 Å². The molecule has 1 aromatic carbocycles. The van der Waals surface area contributed by atoms with Crippen molar-refractivity contribution in [1.29, 1.82) is 0 Å². The van der Waals surface area contributed by atoms with Crippen molar-refractivity contribution in [2.75, 3.05) is 0 Å². The number of pyridine rings is 1. The summed E-state index contributed by atoms with van der Waals surface area (Å²) in [5.41, 5.74) is 1.16. The molecular formula is C21H20ClN3O2S. The molecule has 1 aliphatic carbocycles. The Balaban J connectivity index is 1.73. The van der Waals surface area contributed by atoms with Crippen LogP contribution in [0.3, 0.4) is 0 Å². The normalized spacial score (nSPS) is 21.0. The zero-order valence-corrected chi connectivity index (χ0v) is 16.8. The Bertz CT molecular complexity index is 954. The van der Waals surface area contributed by atoms with Gasteiger partial charge in [-0.25, -0.2) is 9.98 Å². The summed E-state index contributed by atoms with van der Waals surface area (Å²) in [6.45, 7) is 0. The number of rotatable bonds is 3. The topological polar surface area (TPSA) is 65.8 Å². The maximum atomic E-state index is 13.2. The zero-order chi connectivity index (χ0) is 19.5. The van der Waals surface area contributed by atoms with Crippen LogP contribution in [0.25, 0.3) is 6.08 Å². The maximum Gasteiger partial charge on any atom is 0.267 e. The second kappa shape index (κ2) is 8.37. The van der Waals surface area contributed by atoms with Gasteiger partial charge >= 0.3 is 0 Å². The Morgan fingerprint density at radius 3 is 2.71 bits per heavy atom. The lowest BCUT2D eigenvalue weighted by Gasteiger charge is -2.30. The van der Waals surface area contributed by atoms with E-state index in [0.717, 1.165) is 25.7 Å². The summed E-state index contributed by atoms with van der Waals surface area (Å²) >= 11 is 7.50. The van der Waals surface area contributed by atoms with E-state index in [1.54, 1.807) is 47.5 Å². The minimum atomic E-state index is -0.0704. The number of hydrogen-bond acceptors (Lipinski definition) is 5. The molecule has 0 spiro atoms. The molecule has 1 saturated heterocycles. The highest BCUT2D eigenvalue weighted by Crippen LogP contribution is 2.39. The summed E-state index contributed by atoms with van der Waals surface area (Å²) in [5.74, 6) is 0.0761. The number of phenolic OH excluding ortho intramolecular Hbond substituents is 1. The van der Waals surface area contributed by atoms with Gasteiger partial charge in [0.05, 0.1) is 4.91 Å². The summed E-state index contributed by atoms with van der Waals surface area (Å²) in [7, 11) is 0. The molecule has 1 aliphatic heterocycles. The average Bonchev–Trinajstić information content (AvgIpc) is 3.01. The van der Waals surface area contributed by atoms with Crippen LogP contribution in [0.4, 0.5) is 5.69 Å². The van der Waals surface area contributed by atoms with E-state index in [1.807, 2.05) is 6.07 Å². The number of benzene rings is 1. The number of carbonyl (C=O) groups excluding carboxylic acids is 1. The number of hydrogen-bond donors (Lipinski definition) is 1. The first-order valence-electron chi connectivity index (χ1n) is 9.34. The van der Waals surface area contributed by atoms with Crippen LogP contribution >= 0.6 is 23.4 Å². The van der Waals surface area contributed by atoms with E-state index in [-0.39, 0.29) is 17.7 Å². The molecule has 4 rings (SSSR count). The zero-order valence-electron chi connectivity index (χ0n) is 15.2. The number of amidine groups is 1. The number of amides is 1. The molecule has 0 atom stereocenters. The molecule has 0 bridgehead atoms. The number of halogens is 1. The molecule has 1 saturated carbocycles. The number of phenols is 1. The predicted octanol–water partition coefficient (Wildman–Crippen LogP) is 5.38. The summed E-state index contributed by atoms with van der Waals surface area (Å²) in [6, 6.07) is 10.7. The Morgan fingerprint density at radius 2 is 1.96 bits per heavy atom. The van der Waals surface area contributed by atoms with E-state index in [4.69, 9.17) is 11.6 Å². The molecule has 5 nitrogen and oxygen atoms in total. The molecule has 1 N–H and O–H groups in total. The molecule has 0 unspecified atom stereocenters. The lowest BCUT2D eigenvalue weighted by Crippen LogP contribution is -2.40. The number of aromatic nitrogens is 1. The van der Waals surface area contributed by atoms with Crippen molar-refractivity contribution in [3.05, 3.63) is 58.2 Å². The summed E-state index contributed by atoms with van der Waals surface area (Å²) in [5, 5.41) is 11.0. The Kier molecular flexibility index (Phi) is 5.69. The van der Waals surface area contributed by atoms with E-state index in [1.165, 1.54) is 18.2 Å². The molecule has 0 radical (unpaired) electrons. The van der Waals surface area contributed by atoms with Crippen LogP contribution in [0, 0.1) is 0 Å². The number of aliphatic imine (C=N–C) groups is 1. The van der Waals surface area contributed by atoms with Gasteiger partial charge in [0.2, 0.25) is 0 Å². The number of aromatic hydroxyl groups is 1. The lowest BCUT2D eigenvalue weighted by molar-refractivity contribution is -0.124. The third-order valence-corrected chi connectivity index (χ3v) is 6.23. The minimum absolute atomic E-state index is 0.0704. The minimum Gasteiger partial charge on any atom is -0.507 e. The van der Waals surface area contributed by atoms with Crippen LogP contribution in [0.2, 0.25) is 5.15 Å². The number of carbonyl (C=O) groups is 1. The molecule has 2 heterocycles. The van der Waals surface area contributed by atoms with Gasteiger partial charge in [-0.05, 0) is 48.9 Å². The Labute approximate surface area is 173 Å². The van der Waals surface area contributed by atoms with E-state index in [0.29, 0.717) is 26.5 Å². The fraction of sp³-hybridized carbons (Fsp3) is 0.286. The lowest BCUT2D eigenvalue weighted by atomic mass is 9.94. The monoisotopic (exact) mass is 413 g/mol. The van der Waals surface area contributed by atoms with Crippen LogP contribution in [0.15, 0.2) is 52.5 Å². The van der Waals surface area contributed by atoms with Gasteiger partial charge in [0.25, 0.3) is 5.91 Å². The summed E-state index contributed by atoms with van der Waals surface area (Å²) < 4.78 is 0. The number of nitrogens with zero attached hydrogens (tertiary/aromatic N) is 3. The van der Waals surface area contributed by atoms with Gasteiger partial charge in [-0.1, -0.05) is 49.1 Å². The van der Waals surface area contributed by atoms with Crippen LogP contribution in [0.1, 0.15) is 37.7 Å². The predicted molar refractivity (Wildman–Crippen MR) is 114 cm³/mol. The second-order valence-electron chi connectivity index (χ2n) is 6.84. The second-order valence-corrected chi connectivity index (χ2v) is 8.21. The van der Waals surface area contributed by atoms with Crippen molar-refractivity contribution in [3.8, 4) is 5.75 Å².